The van der Waals surface area contributed by atoms with Gasteiger partial charge in [0.2, 0.25) is 0 Å². The second-order valence-corrected chi connectivity index (χ2v) is 6.06. The lowest BCUT2D eigenvalue weighted by atomic mass is 10.2. The largest absolute Gasteiger partial charge is 0.489 e. The summed E-state index contributed by atoms with van der Waals surface area (Å²) < 4.78 is 21.7. The van der Waals surface area contributed by atoms with Gasteiger partial charge in [-0.1, -0.05) is 12.1 Å². The van der Waals surface area contributed by atoms with Gasteiger partial charge in [-0.3, -0.25) is 4.79 Å². The fraction of sp³-hybridized carbons (Fsp3) is 0.611. The van der Waals surface area contributed by atoms with Crippen LogP contribution in [0.25, 0.3) is 0 Å². The zero-order valence-corrected chi connectivity index (χ0v) is 14.7. The lowest BCUT2D eigenvalue weighted by Crippen LogP contribution is -2.53. The molecule has 2 aliphatic rings. The molecular formula is C18H26N2O5. The normalized spacial score (nSPS) is 21.2. The number of hydrogen-bond donors (Lipinski definition) is 0. The number of methoxy groups -OCH3 is 1. The van der Waals surface area contributed by atoms with E-state index in [4.69, 9.17) is 18.9 Å². The zero-order valence-electron chi connectivity index (χ0n) is 14.7. The first kappa shape index (κ1) is 18.0. The van der Waals surface area contributed by atoms with Gasteiger partial charge in [0.1, 0.15) is 12.4 Å². The van der Waals surface area contributed by atoms with Crippen molar-refractivity contribution in [3.05, 3.63) is 24.3 Å². The summed E-state index contributed by atoms with van der Waals surface area (Å²) in [7, 11) is 1.66. The van der Waals surface area contributed by atoms with E-state index >= 15 is 0 Å². The van der Waals surface area contributed by atoms with Gasteiger partial charge in [-0.25, -0.2) is 0 Å². The summed E-state index contributed by atoms with van der Waals surface area (Å²) in [4.78, 5) is 16.6. The maximum Gasteiger partial charge on any atom is 0.254 e. The lowest BCUT2D eigenvalue weighted by Gasteiger charge is -2.38. The number of benzene rings is 1. The Hall–Kier alpha value is -1.83. The Bertz CT molecular complexity index is 554. The van der Waals surface area contributed by atoms with Crippen molar-refractivity contribution in [2.45, 2.75) is 6.10 Å². The summed E-state index contributed by atoms with van der Waals surface area (Å²) in [6, 6.07) is 7.99. The van der Waals surface area contributed by atoms with Gasteiger partial charge in [0.15, 0.2) is 6.10 Å². The summed E-state index contributed by atoms with van der Waals surface area (Å²) >= 11 is 0. The topological polar surface area (TPSA) is 60.5 Å². The number of nitrogens with zero attached hydrogens (tertiary/aromatic N) is 2. The molecule has 1 atom stereocenters. The van der Waals surface area contributed by atoms with E-state index in [0.717, 1.165) is 24.5 Å². The van der Waals surface area contributed by atoms with Gasteiger partial charge in [0.05, 0.1) is 32.1 Å². The Kier molecular flexibility index (Phi) is 6.49. The Morgan fingerprint density at radius 1 is 1.16 bits per heavy atom. The molecule has 2 saturated heterocycles. The van der Waals surface area contributed by atoms with Gasteiger partial charge in [0.25, 0.3) is 5.91 Å². The molecule has 7 nitrogen and oxygen atoms in total. The molecule has 7 heteroatoms. The van der Waals surface area contributed by atoms with Crippen molar-refractivity contribution in [1.82, 2.24) is 4.90 Å². The molecule has 0 aromatic heterocycles. The molecule has 3 rings (SSSR count). The van der Waals surface area contributed by atoms with Crippen LogP contribution in [0.4, 0.5) is 5.69 Å². The van der Waals surface area contributed by atoms with E-state index in [1.165, 1.54) is 0 Å². The molecular weight excluding hydrogens is 324 g/mol. The van der Waals surface area contributed by atoms with E-state index in [2.05, 4.69) is 11.0 Å². The fourth-order valence-corrected chi connectivity index (χ4v) is 3.08. The maximum atomic E-state index is 12.5. The van der Waals surface area contributed by atoms with Crippen LogP contribution in [0.1, 0.15) is 0 Å². The van der Waals surface area contributed by atoms with E-state index in [9.17, 15) is 4.79 Å². The average molecular weight is 350 g/mol. The number of anilines is 1. The number of carbonyl (C=O) groups excluding carboxylic acids is 1. The number of carbonyl (C=O) groups is 1. The monoisotopic (exact) mass is 350 g/mol. The van der Waals surface area contributed by atoms with Crippen molar-refractivity contribution in [2.24, 2.45) is 0 Å². The predicted molar refractivity (Wildman–Crippen MR) is 93.2 cm³/mol. The molecule has 2 heterocycles. The first-order valence-electron chi connectivity index (χ1n) is 8.73. The minimum Gasteiger partial charge on any atom is -0.489 e. The summed E-state index contributed by atoms with van der Waals surface area (Å²) in [5, 5.41) is 0. The molecule has 0 saturated carbocycles. The second kappa shape index (κ2) is 9.03. The lowest BCUT2D eigenvalue weighted by molar-refractivity contribution is -0.158. The molecule has 1 amide bonds. The van der Waals surface area contributed by atoms with Gasteiger partial charge >= 0.3 is 0 Å². The maximum absolute atomic E-state index is 12.5. The molecule has 0 radical (unpaired) electrons. The molecule has 1 aromatic rings. The number of hydrogen-bond acceptors (Lipinski definition) is 6. The molecule has 138 valence electrons. The minimum atomic E-state index is -0.454. The molecule has 0 unspecified atom stereocenters. The van der Waals surface area contributed by atoms with Crippen LogP contribution in [0.15, 0.2) is 24.3 Å². The van der Waals surface area contributed by atoms with Crippen LogP contribution in [0.3, 0.4) is 0 Å². The van der Waals surface area contributed by atoms with Crippen LogP contribution in [0.2, 0.25) is 0 Å². The number of ether oxygens (including phenoxy) is 4. The van der Waals surface area contributed by atoms with Crippen LogP contribution >= 0.6 is 0 Å². The number of rotatable bonds is 6. The summed E-state index contributed by atoms with van der Waals surface area (Å²) in [5.41, 5.74) is 1.06. The van der Waals surface area contributed by atoms with Crippen molar-refractivity contribution in [3.63, 3.8) is 0 Å². The molecule has 0 aliphatic carbocycles. The van der Waals surface area contributed by atoms with Crippen LogP contribution < -0.4 is 9.64 Å². The standard InChI is InChI=1S/C18H26N2O5/c1-22-10-12-24-16-5-3-2-4-15(16)19-6-8-20(9-7-19)18(21)17-14-23-11-13-25-17/h2-5,17H,6-14H2,1H3/t17-/m1/s1. The van der Waals surface area contributed by atoms with Gasteiger partial charge in [-0.2, -0.15) is 0 Å². The third-order valence-corrected chi connectivity index (χ3v) is 4.43. The minimum absolute atomic E-state index is 0.0315. The second-order valence-electron chi connectivity index (χ2n) is 6.06. The number of para-hydroxylation sites is 2. The van der Waals surface area contributed by atoms with E-state index in [1.807, 2.05) is 23.1 Å². The summed E-state index contributed by atoms with van der Waals surface area (Å²) in [5.74, 6) is 0.882. The van der Waals surface area contributed by atoms with Gasteiger partial charge in [-0.15, -0.1) is 0 Å². The van der Waals surface area contributed by atoms with Gasteiger partial charge in [0, 0.05) is 33.3 Å². The van der Waals surface area contributed by atoms with Crippen LogP contribution in [-0.4, -0.2) is 83.2 Å². The van der Waals surface area contributed by atoms with Crippen molar-refractivity contribution < 1.29 is 23.7 Å². The first-order chi connectivity index (χ1) is 12.3. The van der Waals surface area contributed by atoms with E-state index in [0.29, 0.717) is 46.1 Å². The Labute approximate surface area is 148 Å². The highest BCUT2D eigenvalue weighted by Gasteiger charge is 2.30. The van der Waals surface area contributed by atoms with Crippen LogP contribution in [0, 0.1) is 0 Å². The molecule has 0 spiro atoms. The van der Waals surface area contributed by atoms with Crippen molar-refractivity contribution in [2.75, 3.05) is 71.2 Å². The van der Waals surface area contributed by atoms with Crippen molar-refractivity contribution in [3.8, 4) is 5.75 Å². The molecule has 1 aromatic carbocycles. The third kappa shape index (κ3) is 4.62. The highest BCUT2D eigenvalue weighted by Crippen LogP contribution is 2.29. The molecule has 2 aliphatic heterocycles. The van der Waals surface area contributed by atoms with Crippen molar-refractivity contribution >= 4 is 11.6 Å². The smallest absolute Gasteiger partial charge is 0.254 e. The molecule has 25 heavy (non-hydrogen) atoms. The Morgan fingerprint density at radius 3 is 2.68 bits per heavy atom. The average Bonchev–Trinajstić information content (AvgIpc) is 2.69. The van der Waals surface area contributed by atoms with Crippen LogP contribution in [-0.2, 0) is 19.0 Å². The molecule has 0 N–H and O–H groups in total. The van der Waals surface area contributed by atoms with E-state index in [1.54, 1.807) is 7.11 Å². The highest BCUT2D eigenvalue weighted by molar-refractivity contribution is 5.81. The zero-order chi connectivity index (χ0) is 17.5. The quantitative estimate of drug-likeness (QED) is 0.707. The summed E-state index contributed by atoms with van der Waals surface area (Å²) in [6.45, 7) is 5.37. The van der Waals surface area contributed by atoms with Gasteiger partial charge < -0.3 is 28.7 Å². The predicted octanol–water partition coefficient (Wildman–Crippen LogP) is 0.776. The van der Waals surface area contributed by atoms with E-state index in [-0.39, 0.29) is 5.91 Å². The number of amides is 1. The highest BCUT2D eigenvalue weighted by atomic mass is 16.6. The Balaban J connectivity index is 1.56. The SMILES string of the molecule is COCCOc1ccccc1N1CCN(C(=O)[C@H]2COCCO2)CC1. The molecule has 0 bridgehead atoms. The fourth-order valence-electron chi connectivity index (χ4n) is 3.08. The van der Waals surface area contributed by atoms with Crippen molar-refractivity contribution in [1.29, 1.82) is 0 Å². The van der Waals surface area contributed by atoms with Gasteiger partial charge in [-0.05, 0) is 12.1 Å². The van der Waals surface area contributed by atoms with Crippen LogP contribution in [0.5, 0.6) is 5.75 Å². The first-order valence-corrected chi connectivity index (χ1v) is 8.73. The van der Waals surface area contributed by atoms with E-state index < -0.39 is 6.10 Å². The number of piperazine rings is 1. The summed E-state index contributed by atoms with van der Waals surface area (Å²) in [6.07, 6.45) is -0.454. The Morgan fingerprint density at radius 2 is 1.96 bits per heavy atom. The third-order valence-electron chi connectivity index (χ3n) is 4.43. The molecule has 2 fully saturated rings.